The molecule has 2 aliphatic heterocycles. The summed E-state index contributed by atoms with van der Waals surface area (Å²) in [6.07, 6.45) is 12.6. The van der Waals surface area contributed by atoms with Crippen LogP contribution in [-0.4, -0.2) is 41.6 Å². The van der Waals surface area contributed by atoms with Crippen molar-refractivity contribution in [2.75, 3.05) is 13.1 Å². The maximum Gasteiger partial charge on any atom is 0.410 e. The van der Waals surface area contributed by atoms with Gasteiger partial charge in [0.25, 0.3) is 5.91 Å². The molecule has 1 N–H and O–H groups in total. The standard InChI is InChI=1S/C23H30N2O5/c1-23(2,3)30-22(27)25-12-16-10-18(16)19(25)11-24-21(26)20-14-28-17(13-29-20)9-15-7-5-4-6-8-15/h4-5,7,13-14,16,18-19H,6,8-12H2,1-3H3,(H,24,26). The molecule has 7 nitrogen and oxygen atoms in total. The van der Waals surface area contributed by atoms with Crippen LogP contribution in [0.5, 0.6) is 0 Å². The van der Waals surface area contributed by atoms with Gasteiger partial charge in [0.2, 0.25) is 5.76 Å². The zero-order valence-electron chi connectivity index (χ0n) is 17.8. The number of likely N-dealkylation sites (tertiary alicyclic amines) is 1. The predicted molar refractivity (Wildman–Crippen MR) is 111 cm³/mol. The summed E-state index contributed by atoms with van der Waals surface area (Å²) < 4.78 is 16.6. The van der Waals surface area contributed by atoms with Crippen molar-refractivity contribution in [1.82, 2.24) is 10.2 Å². The van der Waals surface area contributed by atoms with Crippen LogP contribution in [0.15, 0.2) is 47.8 Å². The Hall–Kier alpha value is -2.70. The van der Waals surface area contributed by atoms with Gasteiger partial charge in [0, 0.05) is 19.5 Å². The summed E-state index contributed by atoms with van der Waals surface area (Å²) in [6, 6.07) is -0.0451. The first kappa shape index (κ1) is 20.6. The molecule has 4 rings (SSSR count). The zero-order valence-corrected chi connectivity index (χ0v) is 17.8. The molecule has 2 heterocycles. The second-order valence-corrected chi connectivity index (χ2v) is 9.34. The summed E-state index contributed by atoms with van der Waals surface area (Å²) in [7, 11) is 0. The largest absolute Gasteiger partial charge is 0.462 e. The number of hydrogen-bond donors (Lipinski definition) is 1. The molecule has 30 heavy (non-hydrogen) atoms. The van der Waals surface area contributed by atoms with Crippen molar-refractivity contribution in [3.8, 4) is 0 Å². The van der Waals surface area contributed by atoms with E-state index in [-0.39, 0.29) is 23.8 Å². The third kappa shape index (κ3) is 4.89. The van der Waals surface area contributed by atoms with Gasteiger partial charge in [0.05, 0.1) is 6.04 Å². The van der Waals surface area contributed by atoms with Crippen molar-refractivity contribution in [3.63, 3.8) is 0 Å². The van der Waals surface area contributed by atoms with Gasteiger partial charge in [-0.3, -0.25) is 4.79 Å². The molecule has 1 saturated carbocycles. The Morgan fingerprint density at radius 2 is 2.10 bits per heavy atom. The summed E-state index contributed by atoms with van der Waals surface area (Å²) in [4.78, 5) is 26.8. The number of nitrogens with zero attached hydrogens (tertiary/aromatic N) is 1. The summed E-state index contributed by atoms with van der Waals surface area (Å²) in [5.74, 6) is 1.39. The molecule has 0 spiro atoms. The van der Waals surface area contributed by atoms with Crippen molar-refractivity contribution < 1.29 is 23.8 Å². The maximum atomic E-state index is 12.5. The first-order chi connectivity index (χ1) is 14.3. The summed E-state index contributed by atoms with van der Waals surface area (Å²) in [5.41, 5.74) is 0.736. The quantitative estimate of drug-likeness (QED) is 0.741. The van der Waals surface area contributed by atoms with Gasteiger partial charge in [0.1, 0.15) is 23.9 Å². The molecule has 0 radical (unpaired) electrons. The van der Waals surface area contributed by atoms with Gasteiger partial charge in [-0.1, -0.05) is 23.8 Å². The van der Waals surface area contributed by atoms with Gasteiger partial charge >= 0.3 is 6.09 Å². The highest BCUT2D eigenvalue weighted by atomic mass is 16.6. The van der Waals surface area contributed by atoms with E-state index < -0.39 is 5.60 Å². The molecule has 0 bridgehead atoms. The lowest BCUT2D eigenvalue weighted by Crippen LogP contribution is -2.47. The number of amides is 2. The first-order valence-corrected chi connectivity index (χ1v) is 10.6. The number of allylic oxidation sites excluding steroid dienone is 4. The molecule has 7 heteroatoms. The molecule has 3 unspecified atom stereocenters. The highest BCUT2D eigenvalue weighted by Crippen LogP contribution is 2.49. The van der Waals surface area contributed by atoms with Crippen LogP contribution in [0.25, 0.3) is 0 Å². The highest BCUT2D eigenvalue weighted by molar-refractivity contribution is 5.91. The Labute approximate surface area is 177 Å². The Morgan fingerprint density at radius 1 is 1.27 bits per heavy atom. The molecule has 3 atom stereocenters. The SMILES string of the molecule is CC(C)(C)OC(=O)N1CC2CC2C1CNC(=O)C1=COC(CC2=CC=CCC2)=CO1. The van der Waals surface area contributed by atoms with E-state index in [2.05, 4.69) is 17.5 Å². The minimum atomic E-state index is -0.538. The van der Waals surface area contributed by atoms with Gasteiger partial charge in [-0.05, 0) is 51.9 Å². The summed E-state index contributed by atoms with van der Waals surface area (Å²) in [6.45, 7) is 6.63. The van der Waals surface area contributed by atoms with E-state index in [1.807, 2.05) is 26.8 Å². The van der Waals surface area contributed by atoms with Crippen molar-refractivity contribution in [2.45, 2.75) is 58.1 Å². The third-order valence-corrected chi connectivity index (χ3v) is 5.76. The minimum Gasteiger partial charge on any atom is -0.462 e. The lowest BCUT2D eigenvalue weighted by molar-refractivity contribution is -0.120. The van der Waals surface area contributed by atoms with Gasteiger partial charge in [-0.25, -0.2) is 4.79 Å². The van der Waals surface area contributed by atoms with Crippen LogP contribution in [0.4, 0.5) is 4.79 Å². The molecule has 0 aromatic rings. The molecule has 1 saturated heterocycles. The fraction of sp³-hybridized carbons (Fsp3) is 0.565. The third-order valence-electron chi connectivity index (χ3n) is 5.76. The fourth-order valence-corrected chi connectivity index (χ4v) is 4.18. The number of carbonyl (C=O) groups is 2. The van der Waals surface area contributed by atoms with Crippen molar-refractivity contribution in [3.05, 3.63) is 47.8 Å². The molecular weight excluding hydrogens is 384 g/mol. The van der Waals surface area contributed by atoms with Gasteiger partial charge in [0.15, 0.2) is 0 Å². The van der Waals surface area contributed by atoms with E-state index in [9.17, 15) is 9.59 Å². The molecule has 0 aromatic carbocycles. The molecule has 4 aliphatic rings. The van der Waals surface area contributed by atoms with Gasteiger partial charge in [-0.15, -0.1) is 0 Å². The average molecular weight is 415 g/mol. The Kier molecular flexibility index (Phi) is 5.62. The van der Waals surface area contributed by atoms with E-state index >= 15 is 0 Å². The fourth-order valence-electron chi connectivity index (χ4n) is 4.18. The van der Waals surface area contributed by atoms with Crippen LogP contribution in [0.3, 0.4) is 0 Å². The highest BCUT2D eigenvalue weighted by Gasteiger charge is 2.54. The topological polar surface area (TPSA) is 77.1 Å². The summed E-state index contributed by atoms with van der Waals surface area (Å²) >= 11 is 0. The number of ether oxygens (including phenoxy) is 3. The van der Waals surface area contributed by atoms with Gasteiger partial charge in [-0.2, -0.15) is 0 Å². The second-order valence-electron chi connectivity index (χ2n) is 9.34. The number of carbonyl (C=O) groups excluding carboxylic acids is 2. The molecule has 0 aromatic heterocycles. The van der Waals surface area contributed by atoms with E-state index in [1.54, 1.807) is 4.90 Å². The number of piperidine rings is 1. The van der Waals surface area contributed by atoms with E-state index in [0.29, 0.717) is 37.1 Å². The number of hydrogen-bond acceptors (Lipinski definition) is 5. The Balaban J connectivity index is 1.27. The predicted octanol–water partition coefficient (Wildman–Crippen LogP) is 3.75. The number of fused-ring (bicyclic) bond motifs is 1. The molecule has 2 aliphatic carbocycles. The van der Waals surface area contributed by atoms with Crippen LogP contribution in [0.2, 0.25) is 0 Å². The van der Waals surface area contributed by atoms with Crippen LogP contribution < -0.4 is 5.32 Å². The Bertz CT molecular complexity index is 833. The van der Waals surface area contributed by atoms with E-state index in [0.717, 1.165) is 19.3 Å². The number of nitrogens with one attached hydrogen (secondary N) is 1. The summed E-state index contributed by atoms with van der Waals surface area (Å²) in [5, 5.41) is 2.88. The minimum absolute atomic E-state index is 0.0451. The smallest absolute Gasteiger partial charge is 0.410 e. The molecule has 2 fully saturated rings. The lowest BCUT2D eigenvalue weighted by atomic mass is 10.0. The van der Waals surface area contributed by atoms with Crippen LogP contribution >= 0.6 is 0 Å². The maximum absolute atomic E-state index is 12.5. The normalized spacial score (nSPS) is 27.1. The zero-order chi connectivity index (χ0) is 21.3. The van der Waals surface area contributed by atoms with E-state index in [4.69, 9.17) is 14.2 Å². The Morgan fingerprint density at radius 3 is 2.77 bits per heavy atom. The van der Waals surface area contributed by atoms with Crippen LogP contribution in [-0.2, 0) is 19.0 Å². The molecular formula is C23H30N2O5. The second kappa shape index (κ2) is 8.20. The first-order valence-electron chi connectivity index (χ1n) is 10.6. The van der Waals surface area contributed by atoms with Gasteiger partial charge < -0.3 is 24.4 Å². The molecule has 162 valence electrons. The lowest BCUT2D eigenvalue weighted by Gasteiger charge is -2.30. The van der Waals surface area contributed by atoms with Crippen molar-refractivity contribution in [1.29, 1.82) is 0 Å². The van der Waals surface area contributed by atoms with Crippen LogP contribution in [0, 0.1) is 11.8 Å². The van der Waals surface area contributed by atoms with Crippen LogP contribution in [0.1, 0.15) is 46.5 Å². The molecule has 2 amide bonds. The van der Waals surface area contributed by atoms with E-state index in [1.165, 1.54) is 18.1 Å². The monoisotopic (exact) mass is 414 g/mol. The number of rotatable bonds is 5. The van der Waals surface area contributed by atoms with Crippen molar-refractivity contribution in [2.24, 2.45) is 11.8 Å². The average Bonchev–Trinajstić information content (AvgIpc) is 3.38. The van der Waals surface area contributed by atoms with Crippen molar-refractivity contribution >= 4 is 12.0 Å².